The summed E-state index contributed by atoms with van der Waals surface area (Å²) in [5.74, 6) is 0.763. The predicted molar refractivity (Wildman–Crippen MR) is 109 cm³/mol. The van der Waals surface area contributed by atoms with Crippen molar-refractivity contribution in [1.82, 2.24) is 14.3 Å². The van der Waals surface area contributed by atoms with Crippen LogP contribution in [-0.2, 0) is 0 Å². The van der Waals surface area contributed by atoms with Crippen molar-refractivity contribution in [3.8, 4) is 11.4 Å². The summed E-state index contributed by atoms with van der Waals surface area (Å²) in [6.45, 7) is 3.03. The van der Waals surface area contributed by atoms with Gasteiger partial charge in [0, 0.05) is 49.0 Å². The number of amides is 2. The topological polar surface area (TPSA) is 61.4 Å². The van der Waals surface area contributed by atoms with Crippen molar-refractivity contribution in [2.75, 3.05) is 36.4 Å². The monoisotopic (exact) mass is 379 g/mol. The Bertz CT molecular complexity index is 884. The number of nitrogens with zero attached hydrogens (tertiary/aromatic N) is 4. The second-order valence-electron chi connectivity index (χ2n) is 6.39. The summed E-state index contributed by atoms with van der Waals surface area (Å²) in [6, 6.07) is 19.5. The lowest BCUT2D eigenvalue weighted by atomic mass is 10.2. The van der Waals surface area contributed by atoms with E-state index in [4.69, 9.17) is 4.98 Å². The summed E-state index contributed by atoms with van der Waals surface area (Å²) in [4.78, 5) is 21.3. The molecule has 27 heavy (non-hydrogen) atoms. The molecule has 1 aliphatic heterocycles. The molecular formula is C20H21N5OS. The normalized spacial score (nSPS) is 14.7. The van der Waals surface area contributed by atoms with Crippen molar-refractivity contribution >= 4 is 28.4 Å². The SMILES string of the molecule is O=C(Nc1ccccc1)N1CCCN(c2nc(-c3ccccc3)ns2)CC1. The third-order valence-corrected chi connectivity index (χ3v) is 5.30. The zero-order chi connectivity index (χ0) is 18.5. The van der Waals surface area contributed by atoms with Gasteiger partial charge in [0.2, 0.25) is 5.13 Å². The van der Waals surface area contributed by atoms with E-state index in [0.717, 1.165) is 48.3 Å². The highest BCUT2D eigenvalue weighted by molar-refractivity contribution is 7.09. The van der Waals surface area contributed by atoms with Crippen molar-refractivity contribution in [1.29, 1.82) is 0 Å². The van der Waals surface area contributed by atoms with E-state index in [1.807, 2.05) is 65.6 Å². The van der Waals surface area contributed by atoms with Crippen molar-refractivity contribution in [3.05, 3.63) is 60.7 Å². The first-order chi connectivity index (χ1) is 13.3. The van der Waals surface area contributed by atoms with Crippen LogP contribution < -0.4 is 10.2 Å². The number of para-hydroxylation sites is 1. The molecule has 0 atom stereocenters. The number of carbonyl (C=O) groups excluding carboxylic acids is 1. The molecule has 1 N–H and O–H groups in total. The largest absolute Gasteiger partial charge is 0.345 e. The number of anilines is 2. The Balaban J connectivity index is 1.39. The lowest BCUT2D eigenvalue weighted by Gasteiger charge is -2.21. The number of hydrogen-bond acceptors (Lipinski definition) is 5. The second kappa shape index (κ2) is 8.18. The molecule has 138 valence electrons. The second-order valence-corrected chi connectivity index (χ2v) is 7.12. The van der Waals surface area contributed by atoms with Crippen LogP contribution in [0.3, 0.4) is 0 Å². The van der Waals surface area contributed by atoms with E-state index in [-0.39, 0.29) is 6.03 Å². The van der Waals surface area contributed by atoms with Gasteiger partial charge in [0.05, 0.1) is 0 Å². The highest BCUT2D eigenvalue weighted by atomic mass is 32.1. The van der Waals surface area contributed by atoms with E-state index in [1.165, 1.54) is 11.5 Å². The van der Waals surface area contributed by atoms with Gasteiger partial charge in [0.25, 0.3) is 0 Å². The van der Waals surface area contributed by atoms with Crippen LogP contribution in [0.5, 0.6) is 0 Å². The smallest absolute Gasteiger partial charge is 0.321 e. The number of aromatic nitrogens is 2. The van der Waals surface area contributed by atoms with E-state index in [2.05, 4.69) is 14.6 Å². The maximum atomic E-state index is 12.5. The standard InChI is InChI=1S/C20H21N5OS/c26-19(21-17-10-5-2-6-11-17)24-12-7-13-25(15-14-24)20-22-18(23-27-20)16-8-3-1-4-9-16/h1-6,8-11H,7,12-15H2,(H,21,26). The molecule has 1 fully saturated rings. The average molecular weight is 379 g/mol. The number of benzene rings is 2. The molecular weight excluding hydrogens is 358 g/mol. The maximum Gasteiger partial charge on any atom is 0.321 e. The Morgan fingerprint density at radius 1 is 0.926 bits per heavy atom. The molecule has 4 rings (SSSR count). The molecule has 6 nitrogen and oxygen atoms in total. The fraction of sp³-hybridized carbons (Fsp3) is 0.250. The fourth-order valence-electron chi connectivity index (χ4n) is 3.08. The molecule has 0 unspecified atom stereocenters. The Morgan fingerprint density at radius 2 is 1.67 bits per heavy atom. The maximum absolute atomic E-state index is 12.5. The van der Waals surface area contributed by atoms with Crippen LogP contribution in [0.4, 0.5) is 15.6 Å². The van der Waals surface area contributed by atoms with E-state index >= 15 is 0 Å². The Labute approximate surface area is 162 Å². The van der Waals surface area contributed by atoms with Crippen molar-refractivity contribution < 1.29 is 4.79 Å². The summed E-state index contributed by atoms with van der Waals surface area (Å²) in [5.41, 5.74) is 1.85. The third-order valence-electron chi connectivity index (χ3n) is 4.53. The molecule has 3 aromatic rings. The molecule has 2 amide bonds. The van der Waals surface area contributed by atoms with Crippen LogP contribution in [0.1, 0.15) is 6.42 Å². The van der Waals surface area contributed by atoms with E-state index < -0.39 is 0 Å². The minimum Gasteiger partial charge on any atom is -0.345 e. The highest BCUT2D eigenvalue weighted by Crippen LogP contribution is 2.24. The van der Waals surface area contributed by atoms with E-state index in [0.29, 0.717) is 6.54 Å². The lowest BCUT2D eigenvalue weighted by molar-refractivity contribution is 0.215. The molecule has 1 aromatic heterocycles. The van der Waals surface area contributed by atoms with Gasteiger partial charge < -0.3 is 15.1 Å². The number of hydrogen-bond donors (Lipinski definition) is 1. The van der Waals surface area contributed by atoms with Crippen molar-refractivity contribution in [3.63, 3.8) is 0 Å². The van der Waals surface area contributed by atoms with E-state index in [1.54, 1.807) is 0 Å². The summed E-state index contributed by atoms with van der Waals surface area (Å²) >= 11 is 1.42. The van der Waals surface area contributed by atoms with Crippen LogP contribution in [0.15, 0.2) is 60.7 Å². The molecule has 0 aliphatic carbocycles. The van der Waals surface area contributed by atoms with Gasteiger partial charge in [-0.1, -0.05) is 48.5 Å². The van der Waals surface area contributed by atoms with Crippen LogP contribution >= 0.6 is 11.5 Å². The summed E-state index contributed by atoms with van der Waals surface area (Å²) in [5, 5.41) is 3.88. The fourth-order valence-corrected chi connectivity index (χ4v) is 3.82. The summed E-state index contributed by atoms with van der Waals surface area (Å²) in [6.07, 6.45) is 0.905. The quantitative estimate of drug-likeness (QED) is 0.748. The molecule has 2 heterocycles. The van der Waals surface area contributed by atoms with Gasteiger partial charge in [-0.3, -0.25) is 0 Å². The minimum absolute atomic E-state index is 0.0507. The zero-order valence-electron chi connectivity index (χ0n) is 14.9. The number of urea groups is 1. The highest BCUT2D eigenvalue weighted by Gasteiger charge is 2.21. The Kier molecular flexibility index (Phi) is 5.29. The zero-order valence-corrected chi connectivity index (χ0v) is 15.7. The molecule has 1 aliphatic rings. The Morgan fingerprint density at radius 3 is 2.44 bits per heavy atom. The van der Waals surface area contributed by atoms with Gasteiger partial charge in [-0.2, -0.15) is 9.36 Å². The Hall–Kier alpha value is -2.93. The van der Waals surface area contributed by atoms with Crippen LogP contribution in [0, 0.1) is 0 Å². The number of nitrogens with one attached hydrogen (secondary N) is 1. The number of rotatable bonds is 3. The first-order valence-corrected chi connectivity index (χ1v) is 9.82. The van der Waals surface area contributed by atoms with Crippen molar-refractivity contribution in [2.24, 2.45) is 0 Å². The molecule has 0 spiro atoms. The van der Waals surface area contributed by atoms with Gasteiger partial charge in [0.1, 0.15) is 0 Å². The van der Waals surface area contributed by atoms with Crippen molar-refractivity contribution in [2.45, 2.75) is 6.42 Å². The first-order valence-electron chi connectivity index (χ1n) is 9.05. The third kappa shape index (κ3) is 4.25. The van der Waals surface area contributed by atoms with Gasteiger partial charge in [0.15, 0.2) is 5.82 Å². The van der Waals surface area contributed by atoms with Crippen LogP contribution in [0.2, 0.25) is 0 Å². The van der Waals surface area contributed by atoms with Gasteiger partial charge >= 0.3 is 6.03 Å². The molecule has 7 heteroatoms. The van der Waals surface area contributed by atoms with Gasteiger partial charge in [-0.15, -0.1) is 0 Å². The molecule has 0 saturated carbocycles. The van der Waals surface area contributed by atoms with E-state index in [9.17, 15) is 4.79 Å². The van der Waals surface area contributed by atoms with Crippen LogP contribution in [-0.4, -0.2) is 46.5 Å². The predicted octanol–water partition coefficient (Wildman–Crippen LogP) is 3.95. The average Bonchev–Trinajstić information content (AvgIpc) is 3.07. The molecule has 2 aromatic carbocycles. The van der Waals surface area contributed by atoms with Gasteiger partial charge in [-0.25, -0.2) is 4.79 Å². The van der Waals surface area contributed by atoms with Crippen LogP contribution in [0.25, 0.3) is 11.4 Å². The molecule has 0 bridgehead atoms. The minimum atomic E-state index is -0.0507. The first kappa shape index (κ1) is 17.5. The lowest BCUT2D eigenvalue weighted by Crippen LogP contribution is -2.38. The summed E-state index contributed by atoms with van der Waals surface area (Å²) < 4.78 is 4.50. The molecule has 1 saturated heterocycles. The summed E-state index contributed by atoms with van der Waals surface area (Å²) in [7, 11) is 0. The molecule has 0 radical (unpaired) electrons. The van der Waals surface area contributed by atoms with Gasteiger partial charge in [-0.05, 0) is 18.6 Å². The number of carbonyl (C=O) groups is 1.